The number of carbonyl (C=O) groups is 1. The van der Waals surface area contributed by atoms with Gasteiger partial charge >= 0.3 is 0 Å². The topological polar surface area (TPSA) is 125 Å². The molecule has 0 bridgehead atoms. The third kappa shape index (κ3) is 6.99. The second-order valence-electron chi connectivity index (χ2n) is 10.8. The second kappa shape index (κ2) is 14.2. The first-order valence-electron chi connectivity index (χ1n) is 15.0. The summed E-state index contributed by atoms with van der Waals surface area (Å²) in [6.07, 6.45) is 1.75. The highest BCUT2D eigenvalue weighted by Crippen LogP contribution is 2.32. The van der Waals surface area contributed by atoms with Gasteiger partial charge < -0.3 is 14.8 Å². The van der Waals surface area contributed by atoms with E-state index in [1.54, 1.807) is 47.9 Å². The van der Waals surface area contributed by atoms with Crippen molar-refractivity contribution in [1.82, 2.24) is 4.57 Å². The molecule has 1 aliphatic heterocycles. The van der Waals surface area contributed by atoms with E-state index in [1.165, 1.54) is 23.5 Å². The minimum Gasteiger partial charge on any atom is -0.494 e. The first kappa shape index (κ1) is 32.6. The SMILES string of the molecule is CCOc1ccc([C@H]2C(C(=O)Nc3ccccc3)=C(C)N=c3s/c(=C\c4cc(Br)ccc4OCc4ccc([N+](=O)[O-])cc4)c(=O)n32)cc1. The number of carbonyl (C=O) groups excluding carboxylic acids is 1. The molecule has 1 amide bonds. The molecule has 0 aliphatic carbocycles. The number of nitro benzene ring substituents is 1. The quantitative estimate of drug-likeness (QED) is 0.129. The lowest BCUT2D eigenvalue weighted by molar-refractivity contribution is -0.384. The second-order valence-corrected chi connectivity index (χ2v) is 12.7. The lowest BCUT2D eigenvalue weighted by Gasteiger charge is -2.25. The smallest absolute Gasteiger partial charge is 0.271 e. The van der Waals surface area contributed by atoms with Crippen molar-refractivity contribution in [2.24, 2.45) is 4.99 Å². The predicted molar refractivity (Wildman–Crippen MR) is 188 cm³/mol. The Hall–Kier alpha value is -5.33. The fourth-order valence-electron chi connectivity index (χ4n) is 5.34. The largest absolute Gasteiger partial charge is 0.494 e. The molecular formula is C36H29BrN4O6S. The van der Waals surface area contributed by atoms with Crippen molar-refractivity contribution >= 4 is 50.6 Å². The molecule has 10 nitrogen and oxygen atoms in total. The molecule has 1 atom stereocenters. The van der Waals surface area contributed by atoms with Gasteiger partial charge in [-0.2, -0.15) is 0 Å². The van der Waals surface area contributed by atoms with E-state index >= 15 is 0 Å². The Balaban J connectivity index is 1.41. The minimum absolute atomic E-state index is 0.00191. The van der Waals surface area contributed by atoms with E-state index < -0.39 is 11.0 Å². The van der Waals surface area contributed by atoms with Crippen LogP contribution in [0.15, 0.2) is 123 Å². The molecule has 4 aromatic carbocycles. The van der Waals surface area contributed by atoms with Gasteiger partial charge in [-0.25, -0.2) is 4.99 Å². The molecule has 48 heavy (non-hydrogen) atoms. The Morgan fingerprint density at radius 1 is 1.04 bits per heavy atom. The molecule has 0 radical (unpaired) electrons. The van der Waals surface area contributed by atoms with Crippen molar-refractivity contribution in [1.29, 1.82) is 0 Å². The van der Waals surface area contributed by atoms with Gasteiger partial charge in [0.1, 0.15) is 18.1 Å². The Bertz CT molecular complexity index is 2210. The zero-order chi connectivity index (χ0) is 33.8. The molecule has 1 aliphatic rings. The Kier molecular flexibility index (Phi) is 9.65. The summed E-state index contributed by atoms with van der Waals surface area (Å²) < 4.78 is 14.5. The summed E-state index contributed by atoms with van der Waals surface area (Å²) in [5.41, 5.74) is 3.30. The first-order chi connectivity index (χ1) is 23.2. The van der Waals surface area contributed by atoms with Crippen LogP contribution >= 0.6 is 27.3 Å². The summed E-state index contributed by atoms with van der Waals surface area (Å²) in [5, 5.41) is 14.0. The van der Waals surface area contributed by atoms with Crippen LogP contribution in [-0.2, 0) is 11.4 Å². The van der Waals surface area contributed by atoms with Crippen molar-refractivity contribution in [3.8, 4) is 11.5 Å². The fourth-order valence-corrected chi connectivity index (χ4v) is 6.76. The number of amides is 1. The van der Waals surface area contributed by atoms with Crippen LogP contribution in [0.1, 0.15) is 36.6 Å². The van der Waals surface area contributed by atoms with Gasteiger partial charge in [-0.15, -0.1) is 0 Å². The number of para-hydroxylation sites is 1. The molecule has 0 spiro atoms. The number of nitrogens with zero attached hydrogens (tertiary/aromatic N) is 3. The van der Waals surface area contributed by atoms with Crippen LogP contribution in [0.4, 0.5) is 11.4 Å². The number of ether oxygens (including phenoxy) is 2. The van der Waals surface area contributed by atoms with Crippen LogP contribution in [0, 0.1) is 10.1 Å². The van der Waals surface area contributed by atoms with E-state index in [4.69, 9.17) is 14.5 Å². The monoisotopic (exact) mass is 724 g/mol. The summed E-state index contributed by atoms with van der Waals surface area (Å²) in [5.74, 6) is 0.842. The molecule has 0 saturated carbocycles. The summed E-state index contributed by atoms with van der Waals surface area (Å²) in [7, 11) is 0. The number of hydrogen-bond donors (Lipinski definition) is 1. The van der Waals surface area contributed by atoms with E-state index in [0.717, 1.165) is 15.6 Å². The number of halogens is 1. The average molecular weight is 726 g/mol. The average Bonchev–Trinajstić information content (AvgIpc) is 3.38. The Morgan fingerprint density at radius 3 is 2.46 bits per heavy atom. The number of benzene rings is 4. The Morgan fingerprint density at radius 2 is 1.77 bits per heavy atom. The van der Waals surface area contributed by atoms with Crippen molar-refractivity contribution < 1.29 is 19.2 Å². The summed E-state index contributed by atoms with van der Waals surface area (Å²) >= 11 is 4.74. The zero-order valence-corrected chi connectivity index (χ0v) is 28.3. The van der Waals surface area contributed by atoms with Crippen molar-refractivity contribution in [3.63, 3.8) is 0 Å². The van der Waals surface area contributed by atoms with Crippen molar-refractivity contribution in [2.45, 2.75) is 26.5 Å². The molecule has 242 valence electrons. The number of nitrogens with one attached hydrogen (secondary N) is 1. The van der Waals surface area contributed by atoms with Crippen molar-refractivity contribution in [2.75, 3.05) is 11.9 Å². The molecule has 5 aromatic rings. The summed E-state index contributed by atoms with van der Waals surface area (Å²) in [6.45, 7) is 4.35. The van der Waals surface area contributed by atoms with E-state index in [2.05, 4.69) is 21.2 Å². The predicted octanol–water partition coefficient (Wildman–Crippen LogP) is 6.52. The summed E-state index contributed by atoms with van der Waals surface area (Å²) in [4.78, 5) is 43.9. The lowest BCUT2D eigenvalue weighted by atomic mass is 9.95. The maximum Gasteiger partial charge on any atom is 0.271 e. The van der Waals surface area contributed by atoms with Crippen LogP contribution in [0.3, 0.4) is 0 Å². The van der Waals surface area contributed by atoms with Crippen molar-refractivity contribution in [3.05, 3.63) is 159 Å². The van der Waals surface area contributed by atoms with Gasteiger partial charge in [-0.1, -0.05) is 57.6 Å². The number of aromatic nitrogens is 1. The van der Waals surface area contributed by atoms with Gasteiger partial charge in [-0.05, 0) is 85.6 Å². The number of hydrogen-bond acceptors (Lipinski definition) is 8. The molecule has 1 aromatic heterocycles. The molecule has 6 rings (SSSR count). The molecule has 0 saturated heterocycles. The maximum atomic E-state index is 14.3. The molecule has 2 heterocycles. The van der Waals surface area contributed by atoms with E-state index in [0.29, 0.717) is 50.0 Å². The van der Waals surface area contributed by atoms with Crippen LogP contribution in [0.2, 0.25) is 0 Å². The number of allylic oxidation sites excluding steroid dienone is 1. The minimum atomic E-state index is -0.747. The number of non-ortho nitro benzene ring substituents is 1. The van der Waals surface area contributed by atoms with Crippen LogP contribution < -0.4 is 29.7 Å². The van der Waals surface area contributed by atoms with Gasteiger partial charge in [0, 0.05) is 27.9 Å². The zero-order valence-electron chi connectivity index (χ0n) is 25.9. The fraction of sp³-hybridized carbons (Fsp3) is 0.139. The normalized spacial score (nSPS) is 14.2. The molecule has 0 unspecified atom stereocenters. The van der Waals surface area contributed by atoms with E-state index in [1.807, 2.05) is 61.5 Å². The lowest BCUT2D eigenvalue weighted by Crippen LogP contribution is -2.40. The maximum absolute atomic E-state index is 14.3. The van der Waals surface area contributed by atoms with E-state index in [-0.39, 0.29) is 23.8 Å². The number of anilines is 1. The van der Waals surface area contributed by atoms with Crippen LogP contribution in [-0.4, -0.2) is 22.0 Å². The summed E-state index contributed by atoms with van der Waals surface area (Å²) in [6, 6.07) is 27.4. The first-order valence-corrected chi connectivity index (χ1v) is 16.6. The number of thiazole rings is 1. The highest BCUT2D eigenvalue weighted by atomic mass is 79.9. The number of rotatable bonds is 10. The van der Waals surface area contributed by atoms with Crippen LogP contribution in [0.25, 0.3) is 6.08 Å². The van der Waals surface area contributed by atoms with Gasteiger partial charge in [-0.3, -0.25) is 24.3 Å². The molecule has 0 fully saturated rings. The van der Waals surface area contributed by atoms with Gasteiger partial charge in [0.2, 0.25) is 0 Å². The highest BCUT2D eigenvalue weighted by Gasteiger charge is 2.32. The van der Waals surface area contributed by atoms with E-state index in [9.17, 15) is 19.7 Å². The van der Waals surface area contributed by atoms with Gasteiger partial charge in [0.25, 0.3) is 17.2 Å². The molecule has 12 heteroatoms. The van der Waals surface area contributed by atoms with Crippen LogP contribution in [0.5, 0.6) is 11.5 Å². The molecule has 1 N–H and O–H groups in total. The van der Waals surface area contributed by atoms with Gasteiger partial charge in [0.05, 0.1) is 33.4 Å². The van der Waals surface area contributed by atoms with Gasteiger partial charge in [0.15, 0.2) is 4.80 Å². The third-order valence-corrected chi connectivity index (χ3v) is 9.08. The number of nitro groups is 1. The Labute approximate surface area is 287 Å². The molecular weight excluding hydrogens is 696 g/mol. The highest BCUT2D eigenvalue weighted by molar-refractivity contribution is 9.10. The standard InChI is InChI=1S/C36H29BrN4O6S/c1-3-46-29-16-11-24(12-17-29)33-32(34(42)39-27-7-5-4-6-8-27)22(2)38-36-40(33)35(43)31(48-36)20-25-19-26(37)13-18-30(25)47-21-23-9-14-28(15-10-23)41(44)45/h4-20,33H,3,21H2,1-2H3,(H,39,42)/b31-20-/t33-/m0/s1. The number of fused-ring (bicyclic) bond motifs is 1. The third-order valence-electron chi connectivity index (χ3n) is 7.60.